The first kappa shape index (κ1) is 36.7. The maximum absolute atomic E-state index is 14.6. The Balaban J connectivity index is 1.35. The highest BCUT2D eigenvalue weighted by Gasteiger charge is 2.90. The minimum absolute atomic E-state index is 0.0510. The predicted molar refractivity (Wildman–Crippen MR) is 191 cm³/mol. The normalized spacial score (nSPS) is 41.8. The summed E-state index contributed by atoms with van der Waals surface area (Å²) in [7, 11) is 10.0. The number of carbonyl (C=O) groups excluding carboxylic acids is 2. The fourth-order valence-electron chi connectivity index (χ4n) is 13.1. The van der Waals surface area contributed by atoms with E-state index in [0.717, 1.165) is 25.9 Å². The number of ether oxygens (including phenoxy) is 8. The van der Waals surface area contributed by atoms with Crippen LogP contribution >= 0.6 is 0 Å². The van der Waals surface area contributed by atoms with Crippen molar-refractivity contribution in [1.29, 1.82) is 0 Å². The number of rotatable bonds is 12. The Bertz CT molecular complexity index is 1700. The Kier molecular flexibility index (Phi) is 9.14. The van der Waals surface area contributed by atoms with Crippen molar-refractivity contribution in [2.75, 3.05) is 62.4 Å². The van der Waals surface area contributed by atoms with Gasteiger partial charge in [0.1, 0.15) is 28.8 Å². The van der Waals surface area contributed by atoms with Crippen molar-refractivity contribution in [3.63, 3.8) is 0 Å². The molecule has 5 aliphatic carbocycles. The molecule has 0 radical (unpaired) electrons. The highest BCUT2D eigenvalue weighted by atomic mass is 16.6. The number of nitrogens with zero attached hydrogens (tertiary/aromatic N) is 1. The highest BCUT2D eigenvalue weighted by molar-refractivity contribution is 5.90. The molecule has 1 N–H and O–H groups in total. The summed E-state index contributed by atoms with van der Waals surface area (Å²) in [6.45, 7) is 4.26. The average molecular weight is 736 g/mol. The van der Waals surface area contributed by atoms with Gasteiger partial charge in [0.2, 0.25) is 0 Å². The zero-order chi connectivity index (χ0) is 37.5. The smallest absolute Gasteiger partial charge is 0.338 e. The quantitative estimate of drug-likeness (QED) is 0.316. The molecule has 6 aliphatic rings. The van der Waals surface area contributed by atoms with Crippen LogP contribution in [0.25, 0.3) is 0 Å². The first-order valence-electron chi connectivity index (χ1n) is 18.8. The van der Waals surface area contributed by atoms with Crippen LogP contribution in [0.15, 0.2) is 48.5 Å². The standard InChI is InChI=1S/C41H53NO11/c1-8-42-21-38(22-46-2)18-17-28(49-5)41-27-19-39(45)29(50-6)20-40(31(34(41)42)32(51-7)33(38)41,53-37(44)24-11-15-26(48-4)16-12-24)30(27)35(39)52-36(43)23-9-13-25(47-3)14-10-23/h9-16,27-35,45H,8,17-22H2,1-7H3/t27-,28-,29-,30+,31?,32-,33+,34?,35+,38-,39-,40?,41?/m0/s1. The zero-order valence-electron chi connectivity index (χ0n) is 31.7. The van der Waals surface area contributed by atoms with Crippen molar-refractivity contribution in [3.05, 3.63) is 59.7 Å². The molecular weight excluding hydrogens is 682 g/mol. The van der Waals surface area contributed by atoms with Gasteiger partial charge in [0.25, 0.3) is 0 Å². The predicted octanol–water partition coefficient (Wildman–Crippen LogP) is 4.02. The lowest BCUT2D eigenvalue weighted by Gasteiger charge is -2.69. The van der Waals surface area contributed by atoms with E-state index in [0.29, 0.717) is 29.2 Å². The summed E-state index contributed by atoms with van der Waals surface area (Å²) in [6.07, 6.45) is -0.284. The van der Waals surface area contributed by atoms with Crippen molar-refractivity contribution >= 4 is 11.9 Å². The molecule has 1 aliphatic heterocycles. The lowest BCUT2D eigenvalue weighted by Crippen LogP contribution is -2.77. The van der Waals surface area contributed by atoms with Crippen molar-refractivity contribution in [2.24, 2.45) is 34.5 Å². The van der Waals surface area contributed by atoms with Gasteiger partial charge in [0.15, 0.2) is 0 Å². The van der Waals surface area contributed by atoms with Crippen LogP contribution in [0.3, 0.4) is 0 Å². The van der Waals surface area contributed by atoms with E-state index in [1.54, 1.807) is 91.2 Å². The molecule has 1 heterocycles. The van der Waals surface area contributed by atoms with E-state index in [-0.39, 0.29) is 54.3 Å². The number of fused-ring (bicyclic) bond motifs is 2. The lowest BCUT2D eigenvalue weighted by atomic mass is 9.43. The number of carbonyl (C=O) groups is 2. The van der Waals surface area contributed by atoms with Gasteiger partial charge in [-0.3, -0.25) is 4.90 Å². The third kappa shape index (κ3) is 4.81. The number of piperidine rings is 1. The van der Waals surface area contributed by atoms with Gasteiger partial charge in [0.05, 0.1) is 50.3 Å². The number of benzene rings is 2. The molecular formula is C41H53NO11. The molecule has 2 aromatic rings. The number of esters is 2. The number of aliphatic hydroxyl groups is 1. The van der Waals surface area contributed by atoms with Crippen LogP contribution in [0.4, 0.5) is 0 Å². The van der Waals surface area contributed by atoms with Crippen molar-refractivity contribution < 1.29 is 52.6 Å². The van der Waals surface area contributed by atoms with Gasteiger partial charge in [-0.05, 0) is 80.3 Å². The molecule has 1 saturated heterocycles. The molecule has 0 amide bonds. The summed E-state index contributed by atoms with van der Waals surface area (Å²) in [5.74, 6) is -1.19. The summed E-state index contributed by atoms with van der Waals surface area (Å²) >= 11 is 0. The van der Waals surface area contributed by atoms with Crippen LogP contribution in [0, 0.1) is 34.5 Å². The molecule has 0 aromatic heterocycles. The van der Waals surface area contributed by atoms with Gasteiger partial charge < -0.3 is 43.0 Å². The van der Waals surface area contributed by atoms with E-state index >= 15 is 0 Å². The molecule has 53 heavy (non-hydrogen) atoms. The van der Waals surface area contributed by atoms with E-state index in [2.05, 4.69) is 11.8 Å². The zero-order valence-corrected chi connectivity index (χ0v) is 31.7. The van der Waals surface area contributed by atoms with E-state index in [4.69, 9.17) is 37.9 Å². The number of methoxy groups -OCH3 is 6. The van der Waals surface area contributed by atoms with Crippen molar-refractivity contribution in [1.82, 2.24) is 4.90 Å². The SMILES string of the molecule is CCN1C[C@]2(COC)CC[C@H](OC)C34C1C([C@H](OC)[C@@H]32)C1(OC(=O)c2ccc(OC)cc2)C[C@H](OC)[C@@]2(O)C[C@H]4[C@@H]1[C@H]2OC(=O)c1ccc(OC)cc1. The molecule has 6 fully saturated rings. The average Bonchev–Trinajstić information content (AvgIpc) is 3.56. The van der Waals surface area contributed by atoms with Gasteiger partial charge >= 0.3 is 11.9 Å². The minimum Gasteiger partial charge on any atom is -0.497 e. The summed E-state index contributed by atoms with van der Waals surface area (Å²) in [5.41, 5.74) is -3.00. The molecule has 4 unspecified atom stereocenters. The van der Waals surface area contributed by atoms with Gasteiger partial charge in [-0.2, -0.15) is 0 Å². The van der Waals surface area contributed by atoms with Gasteiger partial charge in [-0.1, -0.05) is 6.92 Å². The first-order valence-corrected chi connectivity index (χ1v) is 18.8. The van der Waals surface area contributed by atoms with Gasteiger partial charge in [0, 0.05) is 76.0 Å². The molecule has 5 saturated carbocycles. The monoisotopic (exact) mass is 735 g/mol. The number of hydrogen-bond acceptors (Lipinski definition) is 12. The fourth-order valence-corrected chi connectivity index (χ4v) is 13.1. The van der Waals surface area contributed by atoms with E-state index in [1.807, 2.05) is 0 Å². The topological polar surface area (TPSA) is 131 Å². The van der Waals surface area contributed by atoms with Crippen LogP contribution in [0.2, 0.25) is 0 Å². The van der Waals surface area contributed by atoms with E-state index < -0.39 is 46.7 Å². The van der Waals surface area contributed by atoms with E-state index in [9.17, 15) is 14.7 Å². The fraction of sp³-hybridized carbons (Fsp3) is 0.659. The summed E-state index contributed by atoms with van der Waals surface area (Å²) in [6, 6.07) is 13.4. The molecule has 13 atom stereocenters. The largest absolute Gasteiger partial charge is 0.497 e. The molecule has 1 spiro atoms. The first-order chi connectivity index (χ1) is 25.6. The molecule has 12 heteroatoms. The van der Waals surface area contributed by atoms with Crippen LogP contribution in [-0.2, 0) is 28.4 Å². The Morgan fingerprint density at radius 2 is 1.43 bits per heavy atom. The maximum atomic E-state index is 14.6. The Labute approximate surface area is 311 Å². The summed E-state index contributed by atoms with van der Waals surface area (Å²) in [5, 5.41) is 13.1. The molecule has 288 valence electrons. The van der Waals surface area contributed by atoms with Gasteiger partial charge in [-0.25, -0.2) is 9.59 Å². The van der Waals surface area contributed by atoms with Gasteiger partial charge in [-0.15, -0.1) is 0 Å². The van der Waals surface area contributed by atoms with Crippen molar-refractivity contribution in [2.45, 2.75) is 74.3 Å². The Morgan fingerprint density at radius 3 is 1.98 bits per heavy atom. The van der Waals surface area contributed by atoms with Crippen LogP contribution < -0.4 is 9.47 Å². The van der Waals surface area contributed by atoms with Crippen LogP contribution in [0.1, 0.15) is 53.3 Å². The Hall–Kier alpha value is -3.26. The highest BCUT2D eigenvalue weighted by Crippen LogP contribution is 2.80. The third-order valence-corrected chi connectivity index (χ3v) is 14.6. The lowest BCUT2D eigenvalue weighted by molar-refractivity contribution is -0.282. The second-order valence-corrected chi connectivity index (χ2v) is 16.2. The molecule has 12 nitrogen and oxygen atoms in total. The molecule has 2 aromatic carbocycles. The van der Waals surface area contributed by atoms with Crippen LogP contribution in [-0.4, -0.2) is 126 Å². The second-order valence-electron chi connectivity index (χ2n) is 16.2. The second kappa shape index (κ2) is 13.2. The molecule has 7 bridgehead atoms. The minimum atomic E-state index is -1.57. The number of hydrogen-bond donors (Lipinski definition) is 1. The van der Waals surface area contributed by atoms with E-state index in [1.165, 1.54) is 0 Å². The number of likely N-dealkylation sites (tertiary alicyclic amines) is 1. The summed E-state index contributed by atoms with van der Waals surface area (Å²) in [4.78, 5) is 31.3. The summed E-state index contributed by atoms with van der Waals surface area (Å²) < 4.78 is 49.9. The molecule has 8 rings (SSSR count). The van der Waals surface area contributed by atoms with Crippen molar-refractivity contribution in [3.8, 4) is 11.5 Å². The third-order valence-electron chi connectivity index (χ3n) is 14.6. The Morgan fingerprint density at radius 1 is 0.811 bits per heavy atom. The maximum Gasteiger partial charge on any atom is 0.338 e. The van der Waals surface area contributed by atoms with Crippen LogP contribution in [0.5, 0.6) is 11.5 Å².